The van der Waals surface area contributed by atoms with Crippen molar-refractivity contribution >= 4 is 41.0 Å². The number of methoxy groups -OCH3 is 1. The normalized spacial score (nSPS) is 24.5. The number of anilines is 1. The first-order valence-electron chi connectivity index (χ1n) is 17.6. The Morgan fingerprint density at radius 2 is 1.86 bits per heavy atom. The van der Waals surface area contributed by atoms with E-state index in [0.29, 0.717) is 54.8 Å². The summed E-state index contributed by atoms with van der Waals surface area (Å²) in [6, 6.07) is 14.3. The molecule has 3 aliphatic heterocycles. The number of ether oxygens (including phenoxy) is 3. The van der Waals surface area contributed by atoms with Gasteiger partial charge in [0.15, 0.2) is 0 Å². The first-order valence-corrected chi connectivity index (χ1v) is 18.0. The number of para-hydroxylation sites is 1. The Morgan fingerprint density at radius 1 is 1.12 bits per heavy atom. The molecule has 12 heteroatoms. The number of hydrogen-bond acceptors (Lipinski definition) is 8. The van der Waals surface area contributed by atoms with Gasteiger partial charge in [0.2, 0.25) is 11.8 Å². The fraction of sp³-hybridized carbons (Fsp3) is 0.487. The number of carbonyl (C=O) groups is 4. The van der Waals surface area contributed by atoms with E-state index in [1.807, 2.05) is 30.3 Å². The predicted octanol–water partition coefficient (Wildman–Crippen LogP) is 4.78. The molecule has 3 saturated heterocycles. The molecule has 3 fully saturated rings. The van der Waals surface area contributed by atoms with E-state index in [4.69, 9.17) is 25.8 Å². The summed E-state index contributed by atoms with van der Waals surface area (Å²) < 4.78 is 18.4. The second-order valence-corrected chi connectivity index (χ2v) is 13.7. The molecule has 1 spiro atoms. The minimum absolute atomic E-state index is 0.0164. The van der Waals surface area contributed by atoms with Crippen LogP contribution in [-0.4, -0.2) is 90.9 Å². The van der Waals surface area contributed by atoms with E-state index in [1.165, 1.54) is 12.0 Å². The molecule has 7 atom stereocenters. The quantitative estimate of drug-likeness (QED) is 0.120. The fourth-order valence-corrected chi connectivity index (χ4v) is 8.13. The standard InChI is InChI=1S/C39H48ClN3O8/c1-4-6-19-31(45)41-28(25-49-3)34(26-15-9-7-10-16-26)50-38(48)32-30-20-21-39(51-30)33(32)36(46)43(23-13-8-14-24-44)35(39)37(47)42(22-5-2)29-18-12-11-17-27(29)40/h4-5,7,9-12,15-18,28,30,32-35,44H,1-2,6,8,13-14,19-25H2,3H3,(H,41,45)/t28-,30+,32-,33-,34-,35+,39-/m1/s1. The van der Waals surface area contributed by atoms with Crippen molar-refractivity contribution < 1.29 is 38.5 Å². The molecule has 2 bridgehead atoms. The molecule has 3 amide bonds. The van der Waals surface area contributed by atoms with Crippen LogP contribution in [0.5, 0.6) is 0 Å². The van der Waals surface area contributed by atoms with Gasteiger partial charge in [0.1, 0.15) is 17.7 Å². The number of unbranched alkanes of at least 4 members (excludes halogenated alkanes) is 2. The average molecular weight is 722 g/mol. The SMILES string of the molecule is C=CCCC(=O)N[C@H](COC)[C@H](OC(=O)[C@@H]1[C@@H]2CC[C@]3(O2)[C@H](C(=O)N(CC=C)c2ccccc2Cl)N(CCCCCO)C(=O)[C@@H]13)c1ccccc1. The molecule has 2 aromatic rings. The van der Waals surface area contributed by atoms with Crippen LogP contribution in [0.4, 0.5) is 5.69 Å². The number of aliphatic hydroxyl groups is 1. The van der Waals surface area contributed by atoms with Crippen LogP contribution in [-0.2, 0) is 33.4 Å². The molecule has 274 valence electrons. The van der Waals surface area contributed by atoms with Crippen molar-refractivity contribution in [2.45, 2.75) is 74.8 Å². The number of carbonyl (C=O) groups excluding carboxylic acids is 4. The van der Waals surface area contributed by atoms with E-state index in [0.717, 1.165) is 0 Å². The van der Waals surface area contributed by atoms with Crippen molar-refractivity contribution in [1.82, 2.24) is 10.2 Å². The highest BCUT2D eigenvalue weighted by Crippen LogP contribution is 2.59. The molecule has 51 heavy (non-hydrogen) atoms. The number of allylic oxidation sites excluding steroid dienone is 1. The molecule has 5 rings (SSSR count). The number of rotatable bonds is 19. The summed E-state index contributed by atoms with van der Waals surface area (Å²) in [6.07, 6.45) is 4.96. The molecule has 3 heterocycles. The summed E-state index contributed by atoms with van der Waals surface area (Å²) in [7, 11) is 1.50. The number of amides is 3. The van der Waals surface area contributed by atoms with Crippen molar-refractivity contribution in [2.24, 2.45) is 11.8 Å². The van der Waals surface area contributed by atoms with Crippen molar-refractivity contribution in [3.05, 3.63) is 90.5 Å². The second-order valence-electron chi connectivity index (χ2n) is 13.3. The lowest BCUT2D eigenvalue weighted by atomic mass is 9.70. The van der Waals surface area contributed by atoms with Crippen LogP contribution < -0.4 is 10.2 Å². The van der Waals surface area contributed by atoms with E-state index in [-0.39, 0.29) is 50.4 Å². The summed E-state index contributed by atoms with van der Waals surface area (Å²) in [6.45, 7) is 8.00. The number of hydrogen-bond donors (Lipinski definition) is 2. The third-order valence-corrected chi connectivity index (χ3v) is 10.4. The van der Waals surface area contributed by atoms with Crippen LogP contribution in [0, 0.1) is 11.8 Å². The van der Waals surface area contributed by atoms with Gasteiger partial charge in [-0.1, -0.05) is 66.2 Å². The Labute approximate surface area is 304 Å². The summed E-state index contributed by atoms with van der Waals surface area (Å²) in [5.74, 6) is -3.56. The molecular weight excluding hydrogens is 674 g/mol. The van der Waals surface area contributed by atoms with Gasteiger partial charge in [-0.05, 0) is 56.2 Å². The summed E-state index contributed by atoms with van der Waals surface area (Å²) >= 11 is 6.58. The monoisotopic (exact) mass is 721 g/mol. The zero-order valence-electron chi connectivity index (χ0n) is 29.1. The van der Waals surface area contributed by atoms with Crippen LogP contribution in [0.15, 0.2) is 79.9 Å². The maximum absolute atomic E-state index is 14.8. The summed E-state index contributed by atoms with van der Waals surface area (Å²) in [4.78, 5) is 59.7. The largest absolute Gasteiger partial charge is 0.455 e. The maximum Gasteiger partial charge on any atom is 0.313 e. The highest BCUT2D eigenvalue weighted by molar-refractivity contribution is 6.34. The second kappa shape index (κ2) is 17.5. The van der Waals surface area contributed by atoms with Crippen LogP contribution in [0.2, 0.25) is 5.02 Å². The molecule has 3 aliphatic rings. The Hall–Kier alpha value is -4.03. The highest BCUT2D eigenvalue weighted by Gasteiger charge is 2.75. The third kappa shape index (κ3) is 7.91. The lowest BCUT2D eigenvalue weighted by molar-refractivity contribution is -0.163. The first kappa shape index (κ1) is 38.2. The first-order chi connectivity index (χ1) is 24.7. The van der Waals surface area contributed by atoms with E-state index in [2.05, 4.69) is 18.5 Å². The molecule has 2 aromatic carbocycles. The van der Waals surface area contributed by atoms with Crippen LogP contribution in [0.25, 0.3) is 0 Å². The lowest BCUT2D eigenvalue weighted by Crippen LogP contribution is -2.56. The lowest BCUT2D eigenvalue weighted by Gasteiger charge is -2.37. The Morgan fingerprint density at radius 3 is 2.55 bits per heavy atom. The van der Waals surface area contributed by atoms with Crippen LogP contribution >= 0.6 is 11.6 Å². The number of benzene rings is 2. The van der Waals surface area contributed by atoms with Crippen LogP contribution in [0.3, 0.4) is 0 Å². The van der Waals surface area contributed by atoms with E-state index < -0.39 is 47.7 Å². The van der Waals surface area contributed by atoms with E-state index in [1.54, 1.807) is 41.3 Å². The molecule has 11 nitrogen and oxygen atoms in total. The van der Waals surface area contributed by atoms with Crippen molar-refractivity contribution in [1.29, 1.82) is 0 Å². The fourth-order valence-electron chi connectivity index (χ4n) is 7.89. The highest BCUT2D eigenvalue weighted by atomic mass is 35.5. The molecule has 0 unspecified atom stereocenters. The number of likely N-dealkylation sites (tertiary alicyclic amines) is 1. The number of fused-ring (bicyclic) bond motifs is 1. The minimum Gasteiger partial charge on any atom is -0.455 e. The number of nitrogens with one attached hydrogen (secondary N) is 1. The predicted molar refractivity (Wildman–Crippen MR) is 193 cm³/mol. The van der Waals surface area contributed by atoms with Crippen molar-refractivity contribution in [2.75, 3.05) is 38.3 Å². The Bertz CT molecular complexity index is 1570. The van der Waals surface area contributed by atoms with E-state index in [9.17, 15) is 24.3 Å². The molecule has 2 N–H and O–H groups in total. The van der Waals surface area contributed by atoms with Gasteiger partial charge in [0, 0.05) is 33.2 Å². The molecule has 0 saturated carbocycles. The number of nitrogens with zero attached hydrogens (tertiary/aromatic N) is 2. The van der Waals surface area contributed by atoms with Gasteiger partial charge in [-0.3, -0.25) is 19.2 Å². The molecular formula is C39H48ClN3O8. The average Bonchev–Trinajstić information content (AvgIpc) is 3.78. The maximum atomic E-state index is 14.8. The van der Waals surface area contributed by atoms with Gasteiger partial charge >= 0.3 is 5.97 Å². The van der Waals surface area contributed by atoms with E-state index >= 15 is 0 Å². The Balaban J connectivity index is 1.49. The van der Waals surface area contributed by atoms with Crippen LogP contribution in [0.1, 0.15) is 56.6 Å². The number of halogens is 1. The van der Waals surface area contributed by atoms with Gasteiger partial charge in [-0.25, -0.2) is 0 Å². The Kier molecular flexibility index (Phi) is 13.1. The number of esters is 1. The summed E-state index contributed by atoms with van der Waals surface area (Å²) in [5, 5.41) is 12.7. The summed E-state index contributed by atoms with van der Waals surface area (Å²) in [5.41, 5.74) is -0.148. The minimum atomic E-state index is -1.27. The van der Waals surface area contributed by atoms with Gasteiger partial charge in [0.25, 0.3) is 5.91 Å². The zero-order chi connectivity index (χ0) is 36.5. The van der Waals surface area contributed by atoms with Crippen molar-refractivity contribution in [3.8, 4) is 0 Å². The van der Waals surface area contributed by atoms with Crippen molar-refractivity contribution in [3.63, 3.8) is 0 Å². The number of aliphatic hydroxyl groups excluding tert-OH is 1. The van der Waals surface area contributed by atoms with Gasteiger partial charge < -0.3 is 34.4 Å². The van der Waals surface area contributed by atoms with Gasteiger partial charge in [0.05, 0.1) is 41.3 Å². The zero-order valence-corrected chi connectivity index (χ0v) is 29.8. The van der Waals surface area contributed by atoms with Gasteiger partial charge in [-0.15, -0.1) is 13.2 Å². The molecule has 0 aliphatic carbocycles. The third-order valence-electron chi connectivity index (χ3n) is 10.1. The topological polar surface area (TPSA) is 135 Å². The molecule has 0 aromatic heterocycles. The molecule has 0 radical (unpaired) electrons. The van der Waals surface area contributed by atoms with Gasteiger partial charge in [-0.2, -0.15) is 0 Å². The smallest absolute Gasteiger partial charge is 0.313 e.